The third-order valence-electron chi connectivity index (χ3n) is 3.57. The summed E-state index contributed by atoms with van der Waals surface area (Å²) < 4.78 is 0. The standard InChI is InChI=1S/C13H20N2/c1-10-6-7-12(9-15-10)13-5-3-2-4-11(13)8-14/h6-7,9,11,13H,2-5,8,14H2,1H3. The van der Waals surface area contributed by atoms with Crippen molar-refractivity contribution in [2.45, 2.75) is 38.5 Å². The fraction of sp³-hybridized carbons (Fsp3) is 0.615. The number of nitrogens with zero attached hydrogens (tertiary/aromatic N) is 1. The number of nitrogens with two attached hydrogens (primary N) is 1. The molecule has 2 N–H and O–H groups in total. The van der Waals surface area contributed by atoms with Crippen molar-refractivity contribution >= 4 is 0 Å². The van der Waals surface area contributed by atoms with Crippen molar-refractivity contribution in [3.63, 3.8) is 0 Å². The summed E-state index contributed by atoms with van der Waals surface area (Å²) >= 11 is 0. The van der Waals surface area contributed by atoms with Crippen LogP contribution in [-0.2, 0) is 0 Å². The molecule has 1 saturated carbocycles. The van der Waals surface area contributed by atoms with Crippen molar-refractivity contribution in [1.82, 2.24) is 4.98 Å². The summed E-state index contributed by atoms with van der Waals surface area (Å²) in [5, 5.41) is 0. The van der Waals surface area contributed by atoms with Crippen molar-refractivity contribution in [3.05, 3.63) is 29.6 Å². The molecule has 1 aliphatic rings. The predicted molar refractivity (Wildman–Crippen MR) is 62.7 cm³/mol. The van der Waals surface area contributed by atoms with Gasteiger partial charge in [0, 0.05) is 11.9 Å². The van der Waals surface area contributed by atoms with Crippen LogP contribution < -0.4 is 5.73 Å². The lowest BCUT2D eigenvalue weighted by atomic mass is 9.76. The van der Waals surface area contributed by atoms with E-state index in [0.717, 1.165) is 12.2 Å². The normalized spacial score (nSPS) is 26.5. The van der Waals surface area contributed by atoms with Crippen molar-refractivity contribution in [3.8, 4) is 0 Å². The second kappa shape index (κ2) is 4.75. The summed E-state index contributed by atoms with van der Waals surface area (Å²) in [6, 6.07) is 4.33. The van der Waals surface area contributed by atoms with Gasteiger partial charge in [-0.05, 0) is 49.8 Å². The number of aryl methyl sites for hydroxylation is 1. The lowest BCUT2D eigenvalue weighted by Gasteiger charge is -2.30. The van der Waals surface area contributed by atoms with E-state index in [2.05, 4.69) is 17.1 Å². The molecule has 0 bridgehead atoms. The number of hydrogen-bond acceptors (Lipinski definition) is 2. The molecule has 1 heterocycles. The Morgan fingerprint density at radius 2 is 2.13 bits per heavy atom. The molecule has 2 rings (SSSR count). The molecule has 0 aromatic carbocycles. The largest absolute Gasteiger partial charge is 0.330 e. The van der Waals surface area contributed by atoms with Gasteiger partial charge in [0.2, 0.25) is 0 Å². The minimum atomic E-state index is 0.650. The maximum Gasteiger partial charge on any atom is 0.0372 e. The maximum absolute atomic E-state index is 5.84. The van der Waals surface area contributed by atoms with E-state index in [4.69, 9.17) is 5.73 Å². The van der Waals surface area contributed by atoms with E-state index in [9.17, 15) is 0 Å². The molecule has 1 aromatic rings. The average Bonchev–Trinajstić information content (AvgIpc) is 2.30. The van der Waals surface area contributed by atoms with Gasteiger partial charge >= 0.3 is 0 Å². The van der Waals surface area contributed by atoms with Crippen LogP contribution in [0.2, 0.25) is 0 Å². The molecule has 1 fully saturated rings. The van der Waals surface area contributed by atoms with Crippen LogP contribution >= 0.6 is 0 Å². The smallest absolute Gasteiger partial charge is 0.0372 e. The molecule has 0 amide bonds. The zero-order chi connectivity index (χ0) is 10.7. The molecule has 2 heteroatoms. The Morgan fingerprint density at radius 3 is 2.80 bits per heavy atom. The average molecular weight is 204 g/mol. The number of pyridine rings is 1. The Bertz CT molecular complexity index is 305. The van der Waals surface area contributed by atoms with Crippen molar-refractivity contribution < 1.29 is 0 Å². The van der Waals surface area contributed by atoms with Gasteiger partial charge in [-0.15, -0.1) is 0 Å². The lowest BCUT2D eigenvalue weighted by molar-refractivity contribution is 0.314. The minimum absolute atomic E-state index is 0.650. The lowest BCUT2D eigenvalue weighted by Crippen LogP contribution is -2.25. The van der Waals surface area contributed by atoms with Gasteiger partial charge in [-0.1, -0.05) is 18.9 Å². The number of hydrogen-bond donors (Lipinski definition) is 1. The topological polar surface area (TPSA) is 38.9 Å². The maximum atomic E-state index is 5.84. The van der Waals surface area contributed by atoms with Crippen LogP contribution in [0.3, 0.4) is 0 Å². The third-order valence-corrected chi connectivity index (χ3v) is 3.57. The second-order valence-electron chi connectivity index (χ2n) is 4.62. The number of rotatable bonds is 2. The zero-order valence-corrected chi connectivity index (χ0v) is 9.45. The van der Waals surface area contributed by atoms with Gasteiger partial charge < -0.3 is 5.73 Å². The first-order chi connectivity index (χ1) is 7.31. The molecule has 1 aliphatic carbocycles. The van der Waals surface area contributed by atoms with E-state index < -0.39 is 0 Å². The quantitative estimate of drug-likeness (QED) is 0.804. The molecule has 0 aliphatic heterocycles. The highest BCUT2D eigenvalue weighted by atomic mass is 14.7. The van der Waals surface area contributed by atoms with Crippen LogP contribution in [-0.4, -0.2) is 11.5 Å². The molecule has 2 unspecified atom stereocenters. The van der Waals surface area contributed by atoms with Gasteiger partial charge in [0.25, 0.3) is 0 Å². The summed E-state index contributed by atoms with van der Waals surface area (Å²) in [5.41, 5.74) is 8.32. The molecular weight excluding hydrogens is 184 g/mol. The van der Waals surface area contributed by atoms with Crippen LogP contribution in [0.4, 0.5) is 0 Å². The minimum Gasteiger partial charge on any atom is -0.330 e. The van der Waals surface area contributed by atoms with Crippen LogP contribution in [0.5, 0.6) is 0 Å². The highest BCUT2D eigenvalue weighted by Gasteiger charge is 2.25. The fourth-order valence-corrected chi connectivity index (χ4v) is 2.63. The summed E-state index contributed by atoms with van der Waals surface area (Å²) in [4.78, 5) is 4.38. The van der Waals surface area contributed by atoms with E-state index >= 15 is 0 Å². The van der Waals surface area contributed by atoms with E-state index in [1.165, 1.54) is 31.2 Å². The van der Waals surface area contributed by atoms with E-state index in [1.54, 1.807) is 0 Å². The third kappa shape index (κ3) is 2.37. The van der Waals surface area contributed by atoms with Crippen LogP contribution in [0.25, 0.3) is 0 Å². The molecule has 82 valence electrons. The van der Waals surface area contributed by atoms with Gasteiger partial charge in [0.15, 0.2) is 0 Å². The van der Waals surface area contributed by atoms with Crippen molar-refractivity contribution in [2.75, 3.05) is 6.54 Å². The van der Waals surface area contributed by atoms with Crippen molar-refractivity contribution in [2.24, 2.45) is 11.7 Å². The van der Waals surface area contributed by atoms with Crippen LogP contribution in [0.1, 0.15) is 42.9 Å². The summed E-state index contributed by atoms with van der Waals surface area (Å²) in [7, 11) is 0. The Balaban J connectivity index is 2.16. The summed E-state index contributed by atoms with van der Waals surface area (Å²) in [6.07, 6.45) is 7.29. The molecular formula is C13H20N2. The van der Waals surface area contributed by atoms with Gasteiger partial charge in [-0.25, -0.2) is 0 Å². The number of aromatic nitrogens is 1. The summed E-state index contributed by atoms with van der Waals surface area (Å²) in [6.45, 7) is 2.85. The fourth-order valence-electron chi connectivity index (χ4n) is 2.63. The molecule has 0 spiro atoms. The molecule has 0 radical (unpaired) electrons. The van der Waals surface area contributed by atoms with Crippen LogP contribution in [0, 0.1) is 12.8 Å². The Kier molecular flexibility index (Phi) is 3.37. The highest BCUT2D eigenvalue weighted by Crippen LogP contribution is 2.36. The van der Waals surface area contributed by atoms with Gasteiger partial charge in [0.1, 0.15) is 0 Å². The molecule has 0 saturated heterocycles. The Hall–Kier alpha value is -0.890. The van der Waals surface area contributed by atoms with E-state index in [-0.39, 0.29) is 0 Å². The first-order valence-corrected chi connectivity index (χ1v) is 5.94. The first-order valence-electron chi connectivity index (χ1n) is 5.94. The SMILES string of the molecule is Cc1ccc(C2CCCCC2CN)cn1. The molecule has 2 nitrogen and oxygen atoms in total. The Labute approximate surface area is 91.9 Å². The summed E-state index contributed by atoms with van der Waals surface area (Å²) in [5.74, 6) is 1.32. The van der Waals surface area contributed by atoms with Gasteiger partial charge in [-0.2, -0.15) is 0 Å². The van der Waals surface area contributed by atoms with Gasteiger partial charge in [0.05, 0.1) is 0 Å². The Morgan fingerprint density at radius 1 is 1.33 bits per heavy atom. The highest BCUT2D eigenvalue weighted by molar-refractivity contribution is 5.19. The molecule has 15 heavy (non-hydrogen) atoms. The van der Waals surface area contributed by atoms with Crippen LogP contribution in [0.15, 0.2) is 18.3 Å². The molecule has 2 atom stereocenters. The first kappa shape index (κ1) is 10.6. The van der Waals surface area contributed by atoms with E-state index in [0.29, 0.717) is 11.8 Å². The molecule has 1 aromatic heterocycles. The predicted octanol–water partition coefficient (Wildman–Crippen LogP) is 2.62. The zero-order valence-electron chi connectivity index (χ0n) is 9.45. The van der Waals surface area contributed by atoms with Gasteiger partial charge in [-0.3, -0.25) is 4.98 Å². The van der Waals surface area contributed by atoms with E-state index in [1.807, 2.05) is 13.1 Å². The second-order valence-corrected chi connectivity index (χ2v) is 4.62. The van der Waals surface area contributed by atoms with Crippen molar-refractivity contribution in [1.29, 1.82) is 0 Å². The monoisotopic (exact) mass is 204 g/mol.